The number of nitrogens with zero attached hydrogens (tertiary/aromatic N) is 1. The Bertz CT molecular complexity index is 883. The van der Waals surface area contributed by atoms with Gasteiger partial charge in [0.15, 0.2) is 6.54 Å². The molecule has 2 atom stereocenters. The summed E-state index contributed by atoms with van der Waals surface area (Å²) in [6.45, 7) is 9.56. The van der Waals surface area contributed by atoms with Crippen molar-refractivity contribution in [2.24, 2.45) is 5.92 Å². The third-order valence-corrected chi connectivity index (χ3v) is 6.30. The van der Waals surface area contributed by atoms with Gasteiger partial charge >= 0.3 is 0 Å². The van der Waals surface area contributed by atoms with E-state index in [9.17, 15) is 9.59 Å². The Morgan fingerprint density at radius 1 is 1.03 bits per heavy atom. The largest absolute Gasteiger partial charge is 0.356 e. The Kier molecular flexibility index (Phi) is 10.5. The van der Waals surface area contributed by atoms with Gasteiger partial charge in [-0.1, -0.05) is 55.5 Å². The number of hydrogen-bond donors (Lipinski definition) is 2. The molecule has 1 heterocycles. The number of para-hydroxylation sites is 1. The monoisotopic (exact) mass is 511 g/mol. The topological polar surface area (TPSA) is 58.2 Å². The predicted octanol–water partition coefficient (Wildman–Crippen LogP) is 4.19. The van der Waals surface area contributed by atoms with Gasteiger partial charge in [-0.15, -0.1) is 0 Å². The maximum Gasteiger partial charge on any atom is 0.279 e. The van der Waals surface area contributed by atoms with Crippen LogP contribution in [0.5, 0.6) is 0 Å². The summed E-state index contributed by atoms with van der Waals surface area (Å²) in [5.74, 6) is 0.104. The molecule has 1 aliphatic heterocycles. The van der Waals surface area contributed by atoms with Crippen molar-refractivity contribution >= 4 is 17.5 Å². The van der Waals surface area contributed by atoms with Crippen LogP contribution in [0.2, 0.25) is 0 Å². The molecule has 2 N–H and O–H groups in total. The fourth-order valence-electron chi connectivity index (χ4n) is 4.74. The van der Waals surface area contributed by atoms with Gasteiger partial charge in [-0.25, -0.2) is 0 Å². The zero-order chi connectivity index (χ0) is 22.3. The van der Waals surface area contributed by atoms with Crippen molar-refractivity contribution in [2.75, 3.05) is 31.5 Å². The van der Waals surface area contributed by atoms with Crippen LogP contribution >= 0.6 is 0 Å². The van der Waals surface area contributed by atoms with Crippen LogP contribution in [0, 0.1) is 19.8 Å². The molecule has 0 aliphatic carbocycles. The van der Waals surface area contributed by atoms with Crippen LogP contribution in [0.3, 0.4) is 0 Å². The van der Waals surface area contributed by atoms with E-state index >= 15 is 0 Å². The zero-order valence-electron chi connectivity index (χ0n) is 19.7. The van der Waals surface area contributed by atoms with Crippen LogP contribution in [0.25, 0.3) is 0 Å². The molecular weight excluding hydrogens is 475 g/mol. The summed E-state index contributed by atoms with van der Waals surface area (Å²) in [6.07, 6.45) is 2.78. The summed E-state index contributed by atoms with van der Waals surface area (Å²) in [4.78, 5) is 25.9. The van der Waals surface area contributed by atoms with Crippen LogP contribution in [-0.4, -0.2) is 42.5 Å². The maximum absolute atomic E-state index is 13.2. The molecule has 1 fully saturated rings. The average Bonchev–Trinajstić information content (AvgIpc) is 2.75. The molecule has 1 radical (unpaired) electrons. The number of quaternary nitrogens is 1. The molecule has 0 saturated carbocycles. The van der Waals surface area contributed by atoms with E-state index in [1.807, 2.05) is 50.2 Å². The first kappa shape index (κ1) is 26.7. The average molecular weight is 511 g/mol. The van der Waals surface area contributed by atoms with Gasteiger partial charge in [0.1, 0.15) is 6.54 Å². The van der Waals surface area contributed by atoms with Gasteiger partial charge in [0.25, 0.3) is 5.91 Å². The minimum Gasteiger partial charge on any atom is -0.356 e. The Morgan fingerprint density at radius 3 is 2.38 bits per heavy atom. The van der Waals surface area contributed by atoms with E-state index in [4.69, 9.17) is 0 Å². The number of aryl methyl sites for hydroxylation is 2. The number of nitrogens with one attached hydrogen (secondary N) is 2. The summed E-state index contributed by atoms with van der Waals surface area (Å²) in [5.41, 5.74) is 4.24. The predicted molar refractivity (Wildman–Crippen MR) is 126 cm³/mol. The van der Waals surface area contributed by atoms with Gasteiger partial charge in [0.05, 0.1) is 19.0 Å². The molecule has 0 spiro atoms. The minimum atomic E-state index is -0.0444. The van der Waals surface area contributed by atoms with Crippen LogP contribution in [0.15, 0.2) is 48.5 Å². The van der Waals surface area contributed by atoms with Crippen molar-refractivity contribution in [2.45, 2.75) is 46.6 Å². The Morgan fingerprint density at radius 2 is 1.72 bits per heavy atom. The SMILES string of the molecule is CCCNC(=O)C1CCC[N+](CC(=O)Nc2c(C)cccc2C)(Cc2ccccc2)C1.[Y]. The van der Waals surface area contributed by atoms with E-state index in [2.05, 4.69) is 29.7 Å². The first-order valence-corrected chi connectivity index (χ1v) is 11.5. The maximum atomic E-state index is 13.2. The number of benzene rings is 2. The molecule has 5 nitrogen and oxygen atoms in total. The Hall–Kier alpha value is -1.56. The number of piperidine rings is 1. The van der Waals surface area contributed by atoms with Gasteiger partial charge in [-0.2, -0.15) is 0 Å². The molecule has 169 valence electrons. The van der Waals surface area contributed by atoms with E-state index in [-0.39, 0.29) is 50.4 Å². The van der Waals surface area contributed by atoms with Gasteiger partial charge in [0.2, 0.25) is 5.91 Å². The summed E-state index contributed by atoms with van der Waals surface area (Å²) in [7, 11) is 0. The van der Waals surface area contributed by atoms with E-state index in [1.54, 1.807) is 0 Å². The fraction of sp³-hybridized carbons (Fsp3) is 0.462. The molecule has 0 aromatic heterocycles. The third-order valence-electron chi connectivity index (χ3n) is 6.30. The number of rotatable bonds is 8. The second kappa shape index (κ2) is 12.6. The molecule has 2 aromatic carbocycles. The molecule has 6 heteroatoms. The standard InChI is InChI=1S/C26H35N3O2.Y/c1-4-15-27-26(31)23-14-9-16-29(18-23,17-22-12-6-5-7-13-22)19-24(30)28-25-20(2)10-8-11-21(25)3;/h5-8,10-13,23H,4,9,14-19H2,1-3H3,(H-,27,28,30,31);/p+1. The van der Waals surface area contributed by atoms with Crippen LogP contribution in [-0.2, 0) is 48.8 Å². The van der Waals surface area contributed by atoms with E-state index in [0.717, 1.165) is 49.2 Å². The van der Waals surface area contributed by atoms with Crippen molar-refractivity contribution < 1.29 is 46.8 Å². The van der Waals surface area contributed by atoms with E-state index in [0.29, 0.717) is 24.1 Å². The number of likely N-dealkylation sites (tertiary alicyclic amines) is 1. The third kappa shape index (κ3) is 7.23. The van der Waals surface area contributed by atoms with Crippen molar-refractivity contribution in [3.8, 4) is 0 Å². The number of carbonyl (C=O) groups excluding carboxylic acids is 2. The normalized spacial score (nSPS) is 20.2. The molecule has 2 amide bonds. The van der Waals surface area contributed by atoms with E-state index in [1.165, 1.54) is 5.56 Å². The van der Waals surface area contributed by atoms with Gasteiger partial charge in [-0.3, -0.25) is 9.59 Å². The Balaban J connectivity index is 0.00000363. The second-order valence-electron chi connectivity index (χ2n) is 8.99. The van der Waals surface area contributed by atoms with Gasteiger partial charge < -0.3 is 15.1 Å². The molecule has 2 unspecified atom stereocenters. The molecule has 1 saturated heterocycles. The quantitative estimate of drug-likeness (QED) is 0.523. The molecule has 3 rings (SSSR count). The minimum absolute atomic E-state index is 0. The molecule has 2 aromatic rings. The molecule has 0 bridgehead atoms. The van der Waals surface area contributed by atoms with Crippen LogP contribution < -0.4 is 10.6 Å². The van der Waals surface area contributed by atoms with Crippen molar-refractivity contribution in [3.05, 3.63) is 65.2 Å². The summed E-state index contributed by atoms with van der Waals surface area (Å²) in [6, 6.07) is 16.4. The smallest absolute Gasteiger partial charge is 0.279 e. The first-order chi connectivity index (χ1) is 14.9. The number of hydrogen-bond acceptors (Lipinski definition) is 2. The van der Waals surface area contributed by atoms with E-state index < -0.39 is 0 Å². The molecular formula is C26H36N3O2Y+. The number of carbonyl (C=O) groups is 2. The van der Waals surface area contributed by atoms with Gasteiger partial charge in [-0.05, 0) is 44.2 Å². The summed E-state index contributed by atoms with van der Waals surface area (Å²) >= 11 is 0. The fourth-order valence-corrected chi connectivity index (χ4v) is 4.74. The molecule has 1 aliphatic rings. The van der Waals surface area contributed by atoms with Crippen molar-refractivity contribution in [3.63, 3.8) is 0 Å². The summed E-state index contributed by atoms with van der Waals surface area (Å²) < 4.78 is 0.616. The van der Waals surface area contributed by atoms with Crippen molar-refractivity contribution in [1.82, 2.24) is 5.32 Å². The first-order valence-electron chi connectivity index (χ1n) is 11.5. The van der Waals surface area contributed by atoms with Gasteiger partial charge in [0, 0.05) is 50.5 Å². The van der Waals surface area contributed by atoms with Crippen LogP contribution in [0.1, 0.15) is 42.9 Å². The van der Waals surface area contributed by atoms with Crippen molar-refractivity contribution in [1.29, 1.82) is 0 Å². The molecule has 32 heavy (non-hydrogen) atoms. The number of amides is 2. The summed E-state index contributed by atoms with van der Waals surface area (Å²) in [5, 5.41) is 6.22. The Labute approximate surface area is 217 Å². The number of anilines is 1. The zero-order valence-corrected chi connectivity index (χ0v) is 22.5. The second-order valence-corrected chi connectivity index (χ2v) is 8.99. The van der Waals surface area contributed by atoms with Crippen LogP contribution in [0.4, 0.5) is 5.69 Å².